The van der Waals surface area contributed by atoms with Crippen LogP contribution in [0.2, 0.25) is 0 Å². The molecule has 0 spiro atoms. The molecule has 0 bridgehead atoms. The zero-order valence-electron chi connectivity index (χ0n) is 13.1. The van der Waals surface area contributed by atoms with Crippen molar-refractivity contribution in [1.29, 1.82) is 0 Å². The van der Waals surface area contributed by atoms with Gasteiger partial charge in [-0.1, -0.05) is 30.3 Å². The maximum Gasteiger partial charge on any atom is 0.256 e. The van der Waals surface area contributed by atoms with E-state index in [0.29, 0.717) is 11.3 Å². The number of carbonyl (C=O) groups is 2. The Balaban J connectivity index is 1.89. The van der Waals surface area contributed by atoms with Crippen molar-refractivity contribution in [3.05, 3.63) is 66.0 Å². The third-order valence-electron chi connectivity index (χ3n) is 3.97. The van der Waals surface area contributed by atoms with E-state index in [0.717, 1.165) is 0 Å². The number of amides is 2. The number of nitrogens with zero attached hydrogens (tertiary/aromatic N) is 1. The van der Waals surface area contributed by atoms with Crippen LogP contribution in [0.15, 0.2) is 54.6 Å². The number of rotatable bonds is 3. The highest BCUT2D eigenvalue weighted by molar-refractivity contribution is 5.96. The molecule has 1 aliphatic rings. The van der Waals surface area contributed by atoms with E-state index in [1.807, 2.05) is 6.07 Å². The van der Waals surface area contributed by atoms with Crippen LogP contribution in [0.5, 0.6) is 0 Å². The number of morpholine rings is 1. The van der Waals surface area contributed by atoms with E-state index in [-0.39, 0.29) is 18.4 Å². The second kappa shape index (κ2) is 6.80. The Labute approximate surface area is 139 Å². The monoisotopic (exact) mass is 328 g/mol. The molecular weight excluding hydrogens is 311 g/mol. The zero-order valence-corrected chi connectivity index (χ0v) is 13.1. The molecular formula is C18H17FN2O3. The minimum absolute atomic E-state index is 0.185. The molecule has 1 heterocycles. The molecule has 0 saturated carbocycles. The second-order valence-electron chi connectivity index (χ2n) is 5.59. The summed E-state index contributed by atoms with van der Waals surface area (Å²) < 4.78 is 19.1. The molecule has 2 amide bonds. The van der Waals surface area contributed by atoms with Gasteiger partial charge in [-0.05, 0) is 29.8 Å². The van der Waals surface area contributed by atoms with Gasteiger partial charge in [-0.2, -0.15) is 0 Å². The largest absolute Gasteiger partial charge is 0.356 e. The van der Waals surface area contributed by atoms with Gasteiger partial charge in [0, 0.05) is 12.7 Å². The van der Waals surface area contributed by atoms with E-state index >= 15 is 0 Å². The lowest BCUT2D eigenvalue weighted by Gasteiger charge is -2.38. The molecule has 2 atom stereocenters. The van der Waals surface area contributed by atoms with Crippen molar-refractivity contribution >= 4 is 17.5 Å². The van der Waals surface area contributed by atoms with Crippen molar-refractivity contribution in [2.24, 2.45) is 0 Å². The number of benzene rings is 2. The van der Waals surface area contributed by atoms with Crippen molar-refractivity contribution in [1.82, 2.24) is 4.90 Å². The maximum absolute atomic E-state index is 13.6. The normalized spacial score (nSPS) is 20.8. The van der Waals surface area contributed by atoms with Crippen molar-refractivity contribution < 1.29 is 18.7 Å². The molecule has 24 heavy (non-hydrogen) atoms. The topological polar surface area (TPSA) is 58.6 Å². The zero-order chi connectivity index (χ0) is 17.1. The fraction of sp³-hybridized carbons (Fsp3) is 0.222. The number of nitrogens with one attached hydrogen (secondary N) is 1. The molecule has 5 nitrogen and oxygen atoms in total. The molecule has 0 radical (unpaired) electrons. The predicted molar refractivity (Wildman–Crippen MR) is 86.7 cm³/mol. The average molecular weight is 328 g/mol. The SMILES string of the molecule is CN1C(=O)COC(C(=O)Nc2ccccc2)C1c1cccc(F)c1. The quantitative estimate of drug-likeness (QED) is 0.941. The summed E-state index contributed by atoms with van der Waals surface area (Å²) >= 11 is 0. The minimum Gasteiger partial charge on any atom is -0.356 e. The van der Waals surface area contributed by atoms with Crippen molar-refractivity contribution in [2.75, 3.05) is 19.0 Å². The predicted octanol–water partition coefficient (Wildman–Crippen LogP) is 2.36. The van der Waals surface area contributed by atoms with Gasteiger partial charge in [-0.25, -0.2) is 4.39 Å². The Hall–Kier alpha value is -2.73. The first-order chi connectivity index (χ1) is 11.6. The van der Waals surface area contributed by atoms with Crippen LogP contribution in [0.3, 0.4) is 0 Å². The lowest BCUT2D eigenvalue weighted by atomic mass is 9.97. The van der Waals surface area contributed by atoms with E-state index in [2.05, 4.69) is 5.32 Å². The van der Waals surface area contributed by atoms with Gasteiger partial charge in [0.05, 0.1) is 6.04 Å². The van der Waals surface area contributed by atoms with Crippen LogP contribution < -0.4 is 5.32 Å². The van der Waals surface area contributed by atoms with E-state index in [1.165, 1.54) is 17.0 Å². The number of likely N-dealkylation sites (N-methyl/N-ethyl adjacent to an activating group) is 1. The number of ether oxygens (including phenoxy) is 1. The van der Waals surface area contributed by atoms with E-state index in [4.69, 9.17) is 4.74 Å². The first-order valence-electron chi connectivity index (χ1n) is 7.55. The number of hydrogen-bond donors (Lipinski definition) is 1. The van der Waals surface area contributed by atoms with Crippen molar-refractivity contribution in [3.63, 3.8) is 0 Å². The summed E-state index contributed by atoms with van der Waals surface area (Å²) in [6, 6.07) is 14.1. The number of hydrogen-bond acceptors (Lipinski definition) is 3. The summed E-state index contributed by atoms with van der Waals surface area (Å²) in [6.45, 7) is -0.185. The van der Waals surface area contributed by atoms with Crippen LogP contribution in [0, 0.1) is 5.82 Å². The Morgan fingerprint density at radius 2 is 1.96 bits per heavy atom. The minimum atomic E-state index is -0.922. The molecule has 124 valence electrons. The summed E-state index contributed by atoms with van der Waals surface area (Å²) in [7, 11) is 1.59. The first kappa shape index (κ1) is 16.1. The van der Waals surface area contributed by atoms with Gasteiger partial charge in [0.25, 0.3) is 5.91 Å². The van der Waals surface area contributed by atoms with Crippen LogP contribution in [0.1, 0.15) is 11.6 Å². The van der Waals surface area contributed by atoms with Crippen LogP contribution in [0.25, 0.3) is 0 Å². The Morgan fingerprint density at radius 1 is 1.21 bits per heavy atom. The Kier molecular flexibility index (Phi) is 4.57. The summed E-state index contributed by atoms with van der Waals surface area (Å²) in [5, 5.41) is 2.77. The smallest absolute Gasteiger partial charge is 0.256 e. The molecule has 2 aromatic carbocycles. The number of anilines is 1. The van der Waals surface area contributed by atoms with Crippen LogP contribution in [0.4, 0.5) is 10.1 Å². The highest BCUT2D eigenvalue weighted by Crippen LogP contribution is 2.30. The van der Waals surface area contributed by atoms with Gasteiger partial charge >= 0.3 is 0 Å². The number of carbonyl (C=O) groups excluding carboxylic acids is 2. The summed E-state index contributed by atoms with van der Waals surface area (Å²) in [5.41, 5.74) is 1.14. The molecule has 6 heteroatoms. The van der Waals surface area contributed by atoms with Crippen LogP contribution >= 0.6 is 0 Å². The van der Waals surface area contributed by atoms with E-state index in [9.17, 15) is 14.0 Å². The average Bonchev–Trinajstić information content (AvgIpc) is 2.58. The van der Waals surface area contributed by atoms with Gasteiger partial charge in [0.1, 0.15) is 12.4 Å². The van der Waals surface area contributed by atoms with E-state index in [1.54, 1.807) is 43.4 Å². The molecule has 3 rings (SSSR count). The summed E-state index contributed by atoms with van der Waals surface area (Å²) in [5.74, 6) is -1.07. The van der Waals surface area contributed by atoms with Gasteiger partial charge in [0.2, 0.25) is 5.91 Å². The molecule has 0 aromatic heterocycles. The highest BCUT2D eigenvalue weighted by Gasteiger charge is 2.40. The van der Waals surface area contributed by atoms with Crippen LogP contribution in [-0.4, -0.2) is 36.5 Å². The van der Waals surface area contributed by atoms with Gasteiger partial charge in [-0.15, -0.1) is 0 Å². The third-order valence-corrected chi connectivity index (χ3v) is 3.97. The summed E-state index contributed by atoms with van der Waals surface area (Å²) in [4.78, 5) is 26.0. The lowest BCUT2D eigenvalue weighted by molar-refractivity contribution is -0.160. The molecule has 1 saturated heterocycles. The number of halogens is 1. The summed E-state index contributed by atoms with van der Waals surface area (Å²) in [6.07, 6.45) is -0.922. The molecule has 0 aliphatic carbocycles. The molecule has 1 aliphatic heterocycles. The molecule has 1 fully saturated rings. The van der Waals surface area contributed by atoms with Gasteiger partial charge < -0.3 is 15.0 Å². The third kappa shape index (κ3) is 3.28. The van der Waals surface area contributed by atoms with Crippen LogP contribution in [-0.2, 0) is 14.3 Å². The molecule has 1 N–H and O–H groups in total. The maximum atomic E-state index is 13.6. The second-order valence-corrected chi connectivity index (χ2v) is 5.59. The van der Waals surface area contributed by atoms with Gasteiger partial charge in [-0.3, -0.25) is 9.59 Å². The highest BCUT2D eigenvalue weighted by atomic mass is 19.1. The Bertz CT molecular complexity index is 751. The Morgan fingerprint density at radius 3 is 2.67 bits per heavy atom. The van der Waals surface area contributed by atoms with Crippen molar-refractivity contribution in [3.8, 4) is 0 Å². The number of para-hydroxylation sites is 1. The lowest BCUT2D eigenvalue weighted by Crippen LogP contribution is -2.51. The van der Waals surface area contributed by atoms with Crippen molar-refractivity contribution in [2.45, 2.75) is 12.1 Å². The molecule has 2 unspecified atom stereocenters. The van der Waals surface area contributed by atoms with E-state index < -0.39 is 18.0 Å². The standard InChI is InChI=1S/C18H17FN2O3/c1-21-15(22)11-24-17(16(21)12-6-5-7-13(19)10-12)18(23)20-14-8-3-2-4-9-14/h2-10,16-17H,11H2,1H3,(H,20,23). The first-order valence-corrected chi connectivity index (χ1v) is 7.55. The fourth-order valence-corrected chi connectivity index (χ4v) is 2.76. The van der Waals surface area contributed by atoms with Gasteiger partial charge in [0.15, 0.2) is 6.10 Å². The molecule has 2 aromatic rings. The fourth-order valence-electron chi connectivity index (χ4n) is 2.76.